The van der Waals surface area contributed by atoms with E-state index >= 15 is 0 Å². The van der Waals surface area contributed by atoms with Gasteiger partial charge in [-0.2, -0.15) is 0 Å². The van der Waals surface area contributed by atoms with Gasteiger partial charge in [0.25, 0.3) is 0 Å². The molecular formula is C10H18ClNS. The second-order valence-electron chi connectivity index (χ2n) is 3.67. The molecule has 1 rings (SSSR count). The van der Waals surface area contributed by atoms with Gasteiger partial charge in [0.1, 0.15) is 0 Å². The van der Waals surface area contributed by atoms with Gasteiger partial charge >= 0.3 is 0 Å². The van der Waals surface area contributed by atoms with Crippen LogP contribution in [0.5, 0.6) is 0 Å². The van der Waals surface area contributed by atoms with Gasteiger partial charge in [0.2, 0.25) is 0 Å². The highest BCUT2D eigenvalue weighted by atomic mass is 35.5. The topological polar surface area (TPSA) is 12.0 Å². The highest BCUT2D eigenvalue weighted by Crippen LogP contribution is 2.12. The summed E-state index contributed by atoms with van der Waals surface area (Å²) in [6.45, 7) is 7.68. The molecule has 3 heteroatoms. The number of nitrogens with one attached hydrogen (secondary N) is 1. The summed E-state index contributed by atoms with van der Waals surface area (Å²) in [5.41, 5.74) is 0.268. The largest absolute Gasteiger partial charge is 0.307 e. The summed E-state index contributed by atoms with van der Waals surface area (Å²) in [6.07, 6.45) is 1.17. The van der Waals surface area contributed by atoms with Gasteiger partial charge in [0.05, 0.1) is 0 Å². The average Bonchev–Trinajstić information content (AvgIpc) is 2.53. The average molecular weight is 220 g/mol. The standard InChI is InChI=1S/C10H17NS.ClH/c1-4-10(2,3)11-8-9-6-5-7-12-9;/h5-7,11H,4,8H2,1-3H3;1H. The summed E-state index contributed by atoms with van der Waals surface area (Å²) >= 11 is 1.81. The summed E-state index contributed by atoms with van der Waals surface area (Å²) in [6, 6.07) is 4.27. The molecule has 0 aliphatic carbocycles. The van der Waals surface area contributed by atoms with E-state index in [0.29, 0.717) is 0 Å². The van der Waals surface area contributed by atoms with Gasteiger partial charge < -0.3 is 5.32 Å². The summed E-state index contributed by atoms with van der Waals surface area (Å²) in [4.78, 5) is 1.41. The van der Waals surface area contributed by atoms with E-state index in [-0.39, 0.29) is 17.9 Å². The zero-order valence-corrected chi connectivity index (χ0v) is 10.1. The molecule has 1 aromatic rings. The Morgan fingerprint density at radius 1 is 1.46 bits per heavy atom. The van der Waals surface area contributed by atoms with Crippen molar-refractivity contribution in [1.29, 1.82) is 0 Å². The van der Waals surface area contributed by atoms with Crippen LogP contribution < -0.4 is 5.32 Å². The minimum atomic E-state index is 0. The van der Waals surface area contributed by atoms with Crippen LogP contribution in [0.15, 0.2) is 17.5 Å². The summed E-state index contributed by atoms with van der Waals surface area (Å²) in [5.74, 6) is 0. The first-order valence-corrected chi connectivity index (χ1v) is 5.29. The first kappa shape index (κ1) is 12.9. The van der Waals surface area contributed by atoms with Crippen molar-refractivity contribution >= 4 is 23.7 Å². The maximum absolute atomic E-state index is 3.52. The Labute approximate surface area is 91.0 Å². The van der Waals surface area contributed by atoms with Crippen LogP contribution in [0.2, 0.25) is 0 Å². The molecule has 0 unspecified atom stereocenters. The number of hydrogen-bond acceptors (Lipinski definition) is 2. The lowest BCUT2D eigenvalue weighted by atomic mass is 10.0. The van der Waals surface area contributed by atoms with Gasteiger partial charge in [0, 0.05) is 17.0 Å². The second-order valence-corrected chi connectivity index (χ2v) is 4.70. The van der Waals surface area contributed by atoms with Crippen molar-refractivity contribution in [2.45, 2.75) is 39.3 Å². The van der Waals surface area contributed by atoms with Gasteiger partial charge in [-0.3, -0.25) is 0 Å². The predicted molar refractivity (Wildman–Crippen MR) is 62.8 cm³/mol. The zero-order valence-electron chi connectivity index (χ0n) is 8.46. The van der Waals surface area contributed by atoms with E-state index in [9.17, 15) is 0 Å². The first-order valence-electron chi connectivity index (χ1n) is 4.41. The molecule has 0 radical (unpaired) electrons. The lowest BCUT2D eigenvalue weighted by Gasteiger charge is -2.24. The summed E-state index contributed by atoms with van der Waals surface area (Å²) in [5, 5.41) is 5.64. The molecule has 0 aromatic carbocycles. The Hall–Kier alpha value is -0.0500. The minimum absolute atomic E-state index is 0. The third-order valence-electron chi connectivity index (χ3n) is 2.21. The number of halogens is 1. The molecule has 0 fully saturated rings. The normalized spacial score (nSPS) is 11.0. The van der Waals surface area contributed by atoms with Crippen molar-refractivity contribution in [1.82, 2.24) is 5.32 Å². The third-order valence-corrected chi connectivity index (χ3v) is 3.08. The number of thiophene rings is 1. The molecule has 0 saturated heterocycles. The Morgan fingerprint density at radius 2 is 2.15 bits per heavy atom. The predicted octanol–water partition coefficient (Wildman–Crippen LogP) is 3.45. The second kappa shape index (κ2) is 5.63. The van der Waals surface area contributed by atoms with Crippen LogP contribution in [0.1, 0.15) is 32.1 Å². The van der Waals surface area contributed by atoms with Gasteiger partial charge in [-0.05, 0) is 31.7 Å². The highest BCUT2D eigenvalue weighted by molar-refractivity contribution is 7.09. The Kier molecular flexibility index (Phi) is 5.61. The van der Waals surface area contributed by atoms with Crippen molar-refractivity contribution in [3.8, 4) is 0 Å². The fourth-order valence-corrected chi connectivity index (χ4v) is 1.51. The van der Waals surface area contributed by atoms with Crippen molar-refractivity contribution in [2.24, 2.45) is 0 Å². The molecule has 1 N–H and O–H groups in total. The molecule has 0 aliphatic rings. The van der Waals surface area contributed by atoms with E-state index in [4.69, 9.17) is 0 Å². The van der Waals surface area contributed by atoms with Crippen LogP contribution >= 0.6 is 23.7 Å². The Morgan fingerprint density at radius 3 is 2.62 bits per heavy atom. The molecule has 0 amide bonds. The Bertz CT molecular complexity index is 219. The van der Waals surface area contributed by atoms with Crippen LogP contribution in [0, 0.1) is 0 Å². The summed E-state index contributed by atoms with van der Waals surface area (Å²) in [7, 11) is 0. The number of hydrogen-bond donors (Lipinski definition) is 1. The lowest BCUT2D eigenvalue weighted by molar-refractivity contribution is 0.376. The fraction of sp³-hybridized carbons (Fsp3) is 0.600. The van der Waals surface area contributed by atoms with Crippen LogP contribution in [0.25, 0.3) is 0 Å². The van der Waals surface area contributed by atoms with Crippen LogP contribution in [-0.4, -0.2) is 5.54 Å². The SMILES string of the molecule is CCC(C)(C)NCc1cccs1.Cl. The molecule has 0 aliphatic heterocycles. The van der Waals surface area contributed by atoms with E-state index in [2.05, 4.69) is 43.6 Å². The molecule has 0 spiro atoms. The smallest absolute Gasteiger partial charge is 0.0304 e. The molecule has 0 bridgehead atoms. The van der Waals surface area contributed by atoms with E-state index in [1.807, 2.05) is 11.3 Å². The van der Waals surface area contributed by atoms with Gasteiger partial charge in [-0.1, -0.05) is 13.0 Å². The number of rotatable bonds is 4. The molecule has 1 nitrogen and oxygen atoms in total. The molecule has 13 heavy (non-hydrogen) atoms. The van der Waals surface area contributed by atoms with Crippen molar-refractivity contribution in [3.05, 3.63) is 22.4 Å². The first-order chi connectivity index (χ1) is 5.64. The van der Waals surface area contributed by atoms with Crippen LogP contribution in [0.3, 0.4) is 0 Å². The lowest BCUT2D eigenvalue weighted by Crippen LogP contribution is -2.37. The monoisotopic (exact) mass is 219 g/mol. The van der Waals surface area contributed by atoms with Gasteiger partial charge in [0.15, 0.2) is 0 Å². The van der Waals surface area contributed by atoms with Gasteiger partial charge in [-0.25, -0.2) is 0 Å². The maximum Gasteiger partial charge on any atom is 0.0304 e. The van der Waals surface area contributed by atoms with Crippen molar-refractivity contribution in [2.75, 3.05) is 0 Å². The fourth-order valence-electron chi connectivity index (χ4n) is 0.865. The molecule has 0 atom stereocenters. The molecular weight excluding hydrogens is 202 g/mol. The third kappa shape index (κ3) is 4.65. The summed E-state index contributed by atoms with van der Waals surface area (Å²) < 4.78 is 0. The molecule has 1 heterocycles. The molecule has 0 saturated carbocycles. The Balaban J connectivity index is 0.00000144. The van der Waals surface area contributed by atoms with E-state index in [1.54, 1.807) is 0 Å². The molecule has 76 valence electrons. The van der Waals surface area contributed by atoms with Crippen molar-refractivity contribution < 1.29 is 0 Å². The van der Waals surface area contributed by atoms with Crippen LogP contribution in [0.4, 0.5) is 0 Å². The van der Waals surface area contributed by atoms with E-state index in [0.717, 1.165) is 6.54 Å². The highest BCUT2D eigenvalue weighted by Gasteiger charge is 2.13. The van der Waals surface area contributed by atoms with Crippen molar-refractivity contribution in [3.63, 3.8) is 0 Å². The molecule has 1 aromatic heterocycles. The quantitative estimate of drug-likeness (QED) is 0.818. The zero-order chi connectivity index (χ0) is 9.03. The van der Waals surface area contributed by atoms with Gasteiger partial charge in [-0.15, -0.1) is 23.7 Å². The van der Waals surface area contributed by atoms with Crippen LogP contribution in [-0.2, 0) is 6.54 Å². The minimum Gasteiger partial charge on any atom is -0.307 e. The van der Waals surface area contributed by atoms with E-state index < -0.39 is 0 Å². The maximum atomic E-state index is 3.52. The van der Waals surface area contributed by atoms with E-state index in [1.165, 1.54) is 11.3 Å².